The van der Waals surface area contributed by atoms with Crippen LogP contribution in [0.3, 0.4) is 0 Å². The van der Waals surface area contributed by atoms with Gasteiger partial charge in [0.1, 0.15) is 5.82 Å². The molecule has 2 aromatic rings. The van der Waals surface area contributed by atoms with Crippen molar-refractivity contribution in [1.29, 1.82) is 0 Å². The minimum absolute atomic E-state index is 0.532. The summed E-state index contributed by atoms with van der Waals surface area (Å²) in [5.74, 6) is 1.14. The summed E-state index contributed by atoms with van der Waals surface area (Å²) in [4.78, 5) is 14.2. The second-order valence-electron chi connectivity index (χ2n) is 8.44. The number of rotatable bonds is 3. The van der Waals surface area contributed by atoms with Crippen molar-refractivity contribution < 1.29 is 0 Å². The van der Waals surface area contributed by atoms with E-state index in [9.17, 15) is 0 Å². The molecule has 2 aliphatic heterocycles. The first-order chi connectivity index (χ1) is 12.8. The van der Waals surface area contributed by atoms with Gasteiger partial charge in [-0.05, 0) is 68.8 Å². The topological polar surface area (TPSA) is 32.3 Å². The van der Waals surface area contributed by atoms with Gasteiger partial charge in [0.15, 0.2) is 0 Å². The Morgan fingerprint density at radius 2 is 1.73 bits per heavy atom. The number of hydrogen-bond acceptors (Lipinski definition) is 4. The van der Waals surface area contributed by atoms with Crippen LogP contribution in [0, 0.1) is 5.41 Å². The number of anilines is 1. The van der Waals surface area contributed by atoms with Gasteiger partial charge in [-0.1, -0.05) is 12.5 Å². The molecule has 3 fully saturated rings. The monoisotopic (exact) mass is 348 g/mol. The highest BCUT2D eigenvalue weighted by molar-refractivity contribution is 5.62. The third-order valence-electron chi connectivity index (χ3n) is 6.95. The van der Waals surface area contributed by atoms with Gasteiger partial charge in [-0.3, -0.25) is 4.98 Å². The lowest BCUT2D eigenvalue weighted by atomic mass is 9.76. The Bertz CT molecular complexity index is 730. The molecule has 1 aliphatic carbocycles. The summed E-state index contributed by atoms with van der Waals surface area (Å²) in [6, 6.07) is 9.34. The lowest BCUT2D eigenvalue weighted by Gasteiger charge is -2.45. The minimum Gasteiger partial charge on any atom is -0.356 e. The van der Waals surface area contributed by atoms with E-state index < -0.39 is 0 Å². The van der Waals surface area contributed by atoms with Crippen LogP contribution in [0.15, 0.2) is 42.9 Å². The predicted octanol–water partition coefficient (Wildman–Crippen LogP) is 3.99. The first-order valence-corrected chi connectivity index (χ1v) is 10.2. The molecule has 26 heavy (non-hydrogen) atoms. The number of nitrogens with zero attached hydrogens (tertiary/aromatic N) is 4. The summed E-state index contributed by atoms with van der Waals surface area (Å²) < 4.78 is 0. The van der Waals surface area contributed by atoms with Crippen molar-refractivity contribution in [3.05, 3.63) is 42.9 Å². The second-order valence-corrected chi connectivity index (χ2v) is 8.44. The zero-order valence-electron chi connectivity index (χ0n) is 15.5. The lowest BCUT2D eigenvalue weighted by molar-refractivity contribution is 0.0524. The van der Waals surface area contributed by atoms with Crippen LogP contribution >= 0.6 is 0 Å². The molecule has 4 heterocycles. The van der Waals surface area contributed by atoms with Crippen molar-refractivity contribution in [2.24, 2.45) is 5.41 Å². The fourth-order valence-corrected chi connectivity index (χ4v) is 4.93. The quantitative estimate of drug-likeness (QED) is 0.839. The van der Waals surface area contributed by atoms with E-state index in [2.05, 4.69) is 33.0 Å². The Balaban J connectivity index is 1.23. The maximum atomic E-state index is 4.77. The van der Waals surface area contributed by atoms with E-state index in [1.165, 1.54) is 58.2 Å². The second kappa shape index (κ2) is 6.66. The third-order valence-corrected chi connectivity index (χ3v) is 6.95. The molecule has 0 N–H and O–H groups in total. The smallest absolute Gasteiger partial charge is 0.128 e. The fourth-order valence-electron chi connectivity index (χ4n) is 4.93. The lowest BCUT2D eigenvalue weighted by Crippen LogP contribution is -2.48. The molecule has 3 aliphatic rings. The molecule has 0 amide bonds. The molecule has 2 saturated heterocycles. The summed E-state index contributed by atoms with van der Waals surface area (Å²) in [6.07, 6.45) is 14.1. The molecule has 4 nitrogen and oxygen atoms in total. The summed E-state index contributed by atoms with van der Waals surface area (Å²) in [5, 5.41) is 0. The van der Waals surface area contributed by atoms with Crippen LogP contribution in [0.5, 0.6) is 0 Å². The van der Waals surface area contributed by atoms with Gasteiger partial charge < -0.3 is 9.80 Å². The SMILES string of the molecule is c1cncc(-c2ccc(N3CCC4(CCN(C5CCC5)CC4)C3)nc2)c1. The number of pyridine rings is 2. The largest absolute Gasteiger partial charge is 0.356 e. The van der Waals surface area contributed by atoms with Gasteiger partial charge in [0, 0.05) is 48.8 Å². The number of hydrogen-bond donors (Lipinski definition) is 0. The van der Waals surface area contributed by atoms with Crippen LogP contribution in [0.4, 0.5) is 5.82 Å². The molecule has 136 valence electrons. The maximum absolute atomic E-state index is 4.77. The number of aromatic nitrogens is 2. The van der Waals surface area contributed by atoms with Crippen LogP contribution in [0.1, 0.15) is 38.5 Å². The Hall–Kier alpha value is -1.94. The first kappa shape index (κ1) is 16.2. The van der Waals surface area contributed by atoms with E-state index in [1.54, 1.807) is 0 Å². The van der Waals surface area contributed by atoms with Gasteiger partial charge in [-0.25, -0.2) is 4.98 Å². The molecule has 0 radical (unpaired) electrons. The van der Waals surface area contributed by atoms with Gasteiger partial charge in [0.25, 0.3) is 0 Å². The molecule has 5 rings (SSSR count). The van der Waals surface area contributed by atoms with Crippen molar-refractivity contribution >= 4 is 5.82 Å². The summed E-state index contributed by atoms with van der Waals surface area (Å²) >= 11 is 0. The fraction of sp³-hybridized carbons (Fsp3) is 0.545. The normalized spacial score (nSPS) is 23.3. The van der Waals surface area contributed by atoms with Crippen molar-refractivity contribution in [3.8, 4) is 11.1 Å². The van der Waals surface area contributed by atoms with Crippen LogP contribution in [0.25, 0.3) is 11.1 Å². The third kappa shape index (κ3) is 3.01. The highest BCUT2D eigenvalue weighted by Gasteiger charge is 2.42. The summed E-state index contributed by atoms with van der Waals surface area (Å²) in [7, 11) is 0. The van der Waals surface area contributed by atoms with Crippen LogP contribution in [-0.2, 0) is 0 Å². The molecule has 0 unspecified atom stereocenters. The van der Waals surface area contributed by atoms with Crippen LogP contribution in [-0.4, -0.2) is 47.1 Å². The van der Waals surface area contributed by atoms with Gasteiger partial charge in [-0.2, -0.15) is 0 Å². The highest BCUT2D eigenvalue weighted by atomic mass is 15.2. The average molecular weight is 348 g/mol. The Morgan fingerprint density at radius 1 is 0.923 bits per heavy atom. The Labute approximate surface area is 156 Å². The molecular formula is C22H28N4. The van der Waals surface area contributed by atoms with Crippen LogP contribution in [0.2, 0.25) is 0 Å². The van der Waals surface area contributed by atoms with Crippen molar-refractivity contribution in [2.45, 2.75) is 44.6 Å². The predicted molar refractivity (Wildman–Crippen MR) is 105 cm³/mol. The molecule has 0 aromatic carbocycles. The van der Waals surface area contributed by atoms with E-state index in [0.717, 1.165) is 29.5 Å². The van der Waals surface area contributed by atoms with Gasteiger partial charge >= 0.3 is 0 Å². The Morgan fingerprint density at radius 3 is 2.38 bits per heavy atom. The number of piperidine rings is 1. The average Bonchev–Trinajstić information content (AvgIpc) is 3.07. The van der Waals surface area contributed by atoms with E-state index in [1.807, 2.05) is 24.7 Å². The molecular weight excluding hydrogens is 320 g/mol. The molecule has 4 heteroatoms. The van der Waals surface area contributed by atoms with Crippen molar-refractivity contribution in [1.82, 2.24) is 14.9 Å². The van der Waals surface area contributed by atoms with Crippen molar-refractivity contribution in [2.75, 3.05) is 31.1 Å². The van der Waals surface area contributed by atoms with Gasteiger partial charge in [-0.15, -0.1) is 0 Å². The van der Waals surface area contributed by atoms with Gasteiger partial charge in [0.2, 0.25) is 0 Å². The van der Waals surface area contributed by atoms with E-state index in [4.69, 9.17) is 4.98 Å². The molecule has 1 spiro atoms. The summed E-state index contributed by atoms with van der Waals surface area (Å²) in [5.41, 5.74) is 2.81. The highest BCUT2D eigenvalue weighted by Crippen LogP contribution is 2.43. The summed E-state index contributed by atoms with van der Waals surface area (Å²) in [6.45, 7) is 4.96. The zero-order chi connectivity index (χ0) is 17.4. The molecule has 2 aromatic heterocycles. The number of likely N-dealkylation sites (tertiary alicyclic amines) is 1. The van der Waals surface area contributed by atoms with Crippen molar-refractivity contribution in [3.63, 3.8) is 0 Å². The minimum atomic E-state index is 0.532. The van der Waals surface area contributed by atoms with Gasteiger partial charge in [0.05, 0.1) is 0 Å². The standard InChI is InChI=1S/C22H28N4/c1-4-20(5-1)25-12-8-22(9-13-25)10-14-26(17-22)21-7-6-19(16-24-21)18-3-2-11-23-15-18/h2-3,6-7,11,15-16,20H,1,4-5,8-10,12-14,17H2. The van der Waals surface area contributed by atoms with E-state index >= 15 is 0 Å². The Kier molecular flexibility index (Phi) is 4.16. The maximum Gasteiger partial charge on any atom is 0.128 e. The molecule has 1 saturated carbocycles. The zero-order valence-corrected chi connectivity index (χ0v) is 15.5. The van der Waals surface area contributed by atoms with E-state index in [-0.39, 0.29) is 0 Å². The first-order valence-electron chi connectivity index (χ1n) is 10.2. The van der Waals surface area contributed by atoms with Crippen LogP contribution < -0.4 is 4.90 Å². The molecule has 0 bridgehead atoms. The van der Waals surface area contributed by atoms with E-state index in [0.29, 0.717) is 5.41 Å². The molecule has 0 atom stereocenters.